The first-order valence-electron chi connectivity index (χ1n) is 8.87. The Labute approximate surface area is 160 Å². The fraction of sp³-hybridized carbons (Fsp3) is 0.200. The number of para-hydroxylation sites is 1. The summed E-state index contributed by atoms with van der Waals surface area (Å²) in [5.74, 6) is -1.51. The zero-order valence-corrected chi connectivity index (χ0v) is 15.0. The number of aromatic nitrogens is 3. The molecular weight excluding hydrogens is 361 g/mol. The van der Waals surface area contributed by atoms with Crippen LogP contribution in [0.25, 0.3) is 0 Å². The molecule has 2 amide bonds. The molecule has 2 heterocycles. The van der Waals surface area contributed by atoms with Gasteiger partial charge in [-0.25, -0.2) is 14.1 Å². The van der Waals surface area contributed by atoms with Gasteiger partial charge in [0.05, 0.1) is 18.2 Å². The number of nitrogens with one attached hydrogen (secondary N) is 1. The molecule has 4 rings (SSSR count). The molecular formula is C20H18FN5O2. The van der Waals surface area contributed by atoms with Gasteiger partial charge in [0, 0.05) is 18.7 Å². The lowest BCUT2D eigenvalue weighted by Gasteiger charge is -2.17. The molecule has 0 aliphatic carbocycles. The number of carbonyl (C=O) groups excluding carboxylic acids is 2. The van der Waals surface area contributed by atoms with Gasteiger partial charge in [-0.15, -0.1) is 0 Å². The molecule has 0 unspecified atom stereocenters. The molecule has 1 N–H and O–H groups in total. The summed E-state index contributed by atoms with van der Waals surface area (Å²) in [7, 11) is 0. The average molecular weight is 379 g/mol. The third kappa shape index (κ3) is 3.75. The van der Waals surface area contributed by atoms with Gasteiger partial charge in [0.1, 0.15) is 18.5 Å². The number of halogens is 1. The maximum atomic E-state index is 14.0. The van der Waals surface area contributed by atoms with Crippen LogP contribution in [0.5, 0.6) is 0 Å². The van der Waals surface area contributed by atoms with Gasteiger partial charge in [-0.2, -0.15) is 5.10 Å². The van der Waals surface area contributed by atoms with Gasteiger partial charge in [-0.1, -0.05) is 24.3 Å². The summed E-state index contributed by atoms with van der Waals surface area (Å²) in [5, 5.41) is 6.88. The first kappa shape index (κ1) is 17.8. The zero-order valence-electron chi connectivity index (χ0n) is 15.0. The quantitative estimate of drug-likeness (QED) is 0.739. The van der Waals surface area contributed by atoms with Gasteiger partial charge in [-0.05, 0) is 29.8 Å². The van der Waals surface area contributed by atoms with Crippen molar-refractivity contribution in [1.29, 1.82) is 0 Å². The summed E-state index contributed by atoms with van der Waals surface area (Å²) >= 11 is 0. The molecule has 2 aromatic carbocycles. The number of rotatable bonds is 5. The van der Waals surface area contributed by atoms with E-state index in [-0.39, 0.29) is 30.5 Å². The maximum Gasteiger partial charge on any atom is 0.229 e. The molecule has 0 saturated carbocycles. The molecule has 142 valence electrons. The van der Waals surface area contributed by atoms with E-state index in [0.717, 1.165) is 5.56 Å². The van der Waals surface area contributed by atoms with Crippen molar-refractivity contribution in [2.45, 2.75) is 13.0 Å². The standard InChI is InChI=1S/C20H18FN5O2/c21-17-3-1-2-4-18(17)26-11-15(9-19(26)27)20(28)24-16-7-5-14(6-8-16)10-25-13-22-12-23-25/h1-8,12-13,15H,9-11H2,(H,24,28)/t15-/m1/s1. The van der Waals surface area contributed by atoms with Crippen molar-refractivity contribution in [3.05, 3.63) is 72.6 Å². The van der Waals surface area contributed by atoms with E-state index in [2.05, 4.69) is 15.4 Å². The Balaban J connectivity index is 1.39. The summed E-state index contributed by atoms with van der Waals surface area (Å²) in [6.07, 6.45) is 3.17. The minimum Gasteiger partial charge on any atom is -0.326 e. The van der Waals surface area contributed by atoms with Crippen molar-refractivity contribution in [1.82, 2.24) is 14.8 Å². The topological polar surface area (TPSA) is 80.1 Å². The lowest BCUT2D eigenvalue weighted by Crippen LogP contribution is -2.28. The Hall–Kier alpha value is -3.55. The smallest absolute Gasteiger partial charge is 0.229 e. The first-order chi connectivity index (χ1) is 13.6. The average Bonchev–Trinajstić information content (AvgIpc) is 3.33. The second-order valence-electron chi connectivity index (χ2n) is 6.64. The lowest BCUT2D eigenvalue weighted by molar-refractivity contribution is -0.122. The normalized spacial score (nSPS) is 16.4. The van der Waals surface area contributed by atoms with E-state index < -0.39 is 11.7 Å². The Bertz CT molecular complexity index is 988. The van der Waals surface area contributed by atoms with E-state index in [1.165, 1.54) is 17.3 Å². The molecule has 7 nitrogen and oxygen atoms in total. The zero-order chi connectivity index (χ0) is 19.5. The molecule has 1 saturated heterocycles. The molecule has 3 aromatic rings. The number of hydrogen-bond acceptors (Lipinski definition) is 4. The van der Waals surface area contributed by atoms with E-state index in [4.69, 9.17) is 0 Å². The Morgan fingerprint density at radius 2 is 1.96 bits per heavy atom. The van der Waals surface area contributed by atoms with Crippen molar-refractivity contribution in [2.24, 2.45) is 5.92 Å². The summed E-state index contributed by atoms with van der Waals surface area (Å²) in [6, 6.07) is 13.5. The van der Waals surface area contributed by atoms with Gasteiger partial charge < -0.3 is 10.2 Å². The van der Waals surface area contributed by atoms with Gasteiger partial charge in [0.15, 0.2) is 0 Å². The molecule has 1 atom stereocenters. The Kier molecular flexibility index (Phi) is 4.84. The van der Waals surface area contributed by atoms with Crippen LogP contribution in [-0.4, -0.2) is 33.1 Å². The van der Waals surface area contributed by atoms with Crippen molar-refractivity contribution >= 4 is 23.2 Å². The summed E-state index contributed by atoms with van der Waals surface area (Å²) < 4.78 is 15.7. The molecule has 1 fully saturated rings. The molecule has 1 aliphatic rings. The summed E-state index contributed by atoms with van der Waals surface area (Å²) in [4.78, 5) is 30.0. The predicted octanol–water partition coefficient (Wildman–Crippen LogP) is 2.46. The van der Waals surface area contributed by atoms with Crippen LogP contribution in [0.2, 0.25) is 0 Å². The highest BCUT2D eigenvalue weighted by Crippen LogP contribution is 2.28. The van der Waals surface area contributed by atoms with Crippen molar-refractivity contribution in [2.75, 3.05) is 16.8 Å². The maximum absolute atomic E-state index is 14.0. The SMILES string of the molecule is O=C(Nc1ccc(Cn2cncn2)cc1)[C@@H]1CC(=O)N(c2ccccc2F)C1. The minimum absolute atomic E-state index is 0.0601. The van der Waals surface area contributed by atoms with Crippen LogP contribution in [0.1, 0.15) is 12.0 Å². The van der Waals surface area contributed by atoms with E-state index in [9.17, 15) is 14.0 Å². The van der Waals surface area contributed by atoms with Crippen LogP contribution >= 0.6 is 0 Å². The number of amides is 2. The molecule has 1 aliphatic heterocycles. The van der Waals surface area contributed by atoms with Gasteiger partial charge in [0.2, 0.25) is 11.8 Å². The first-order valence-corrected chi connectivity index (χ1v) is 8.87. The van der Waals surface area contributed by atoms with Gasteiger partial charge in [-0.3, -0.25) is 9.59 Å². The molecule has 0 bridgehead atoms. The fourth-order valence-electron chi connectivity index (χ4n) is 3.23. The predicted molar refractivity (Wildman–Crippen MR) is 101 cm³/mol. The third-order valence-corrected chi connectivity index (χ3v) is 4.67. The second-order valence-corrected chi connectivity index (χ2v) is 6.64. The minimum atomic E-state index is -0.526. The highest BCUT2D eigenvalue weighted by atomic mass is 19.1. The van der Waals surface area contributed by atoms with Crippen LogP contribution in [-0.2, 0) is 16.1 Å². The molecule has 0 spiro atoms. The number of anilines is 2. The Morgan fingerprint density at radius 1 is 1.18 bits per heavy atom. The number of carbonyl (C=O) groups is 2. The van der Waals surface area contributed by atoms with Crippen LogP contribution in [0, 0.1) is 11.7 Å². The second kappa shape index (κ2) is 7.59. The van der Waals surface area contributed by atoms with Crippen molar-refractivity contribution in [3.8, 4) is 0 Å². The van der Waals surface area contributed by atoms with Crippen LogP contribution in [0.3, 0.4) is 0 Å². The molecule has 0 radical (unpaired) electrons. The third-order valence-electron chi connectivity index (χ3n) is 4.67. The highest BCUT2D eigenvalue weighted by Gasteiger charge is 2.36. The summed E-state index contributed by atoms with van der Waals surface area (Å²) in [5.41, 5.74) is 1.87. The van der Waals surface area contributed by atoms with Crippen LogP contribution < -0.4 is 10.2 Å². The fourth-order valence-corrected chi connectivity index (χ4v) is 3.23. The number of nitrogens with zero attached hydrogens (tertiary/aromatic N) is 4. The summed E-state index contributed by atoms with van der Waals surface area (Å²) in [6.45, 7) is 0.749. The number of benzene rings is 2. The van der Waals surface area contributed by atoms with Crippen molar-refractivity contribution < 1.29 is 14.0 Å². The van der Waals surface area contributed by atoms with E-state index in [1.807, 2.05) is 12.1 Å². The molecule has 1 aromatic heterocycles. The van der Waals surface area contributed by atoms with Crippen LogP contribution in [0.15, 0.2) is 61.2 Å². The monoisotopic (exact) mass is 379 g/mol. The molecule has 8 heteroatoms. The van der Waals surface area contributed by atoms with Crippen LogP contribution in [0.4, 0.5) is 15.8 Å². The number of hydrogen-bond donors (Lipinski definition) is 1. The van der Waals surface area contributed by atoms with Gasteiger partial charge in [0.25, 0.3) is 0 Å². The van der Waals surface area contributed by atoms with E-state index in [0.29, 0.717) is 12.2 Å². The molecule has 28 heavy (non-hydrogen) atoms. The van der Waals surface area contributed by atoms with Crippen molar-refractivity contribution in [3.63, 3.8) is 0 Å². The Morgan fingerprint density at radius 3 is 2.68 bits per heavy atom. The van der Waals surface area contributed by atoms with E-state index in [1.54, 1.807) is 41.3 Å². The highest BCUT2D eigenvalue weighted by molar-refractivity contribution is 6.03. The largest absolute Gasteiger partial charge is 0.326 e. The van der Waals surface area contributed by atoms with Gasteiger partial charge >= 0.3 is 0 Å². The van der Waals surface area contributed by atoms with E-state index >= 15 is 0 Å². The lowest BCUT2D eigenvalue weighted by atomic mass is 10.1.